The van der Waals surface area contributed by atoms with Gasteiger partial charge in [-0.15, -0.1) is 0 Å². The monoisotopic (exact) mass is 656 g/mol. The molecule has 0 fully saturated rings. The molecule has 2 heterocycles. The number of likely N-dealkylation sites (N-methyl/N-ethyl adjacent to an activating group) is 1. The Morgan fingerprint density at radius 3 is 2.28 bits per heavy atom. The molecule has 11 nitrogen and oxygen atoms in total. The van der Waals surface area contributed by atoms with Crippen LogP contribution < -0.4 is 15.2 Å². The normalized spacial score (nSPS) is 12.3. The summed E-state index contributed by atoms with van der Waals surface area (Å²) in [5, 5.41) is -0.969. The van der Waals surface area contributed by atoms with Gasteiger partial charge >= 0.3 is 12.1 Å². The Kier molecular flexibility index (Phi) is 8.82. The molecule has 3 aromatic carbocycles. The second-order valence-electron chi connectivity index (χ2n) is 10.9. The van der Waals surface area contributed by atoms with Crippen LogP contribution in [0.1, 0.15) is 13.8 Å². The van der Waals surface area contributed by atoms with Crippen molar-refractivity contribution in [2.45, 2.75) is 25.3 Å². The van der Waals surface area contributed by atoms with Crippen molar-refractivity contribution in [3.05, 3.63) is 66.7 Å². The van der Waals surface area contributed by atoms with Gasteiger partial charge < -0.3 is 25.1 Å². The number of aromatic nitrogens is 4. The van der Waals surface area contributed by atoms with Gasteiger partial charge in [-0.05, 0) is 64.3 Å². The molecule has 0 saturated heterocycles. The number of alkyl halides is 3. The Labute approximate surface area is 262 Å². The molecule has 5 aromatic rings. The molecule has 46 heavy (non-hydrogen) atoms. The van der Waals surface area contributed by atoms with Gasteiger partial charge in [-0.2, -0.15) is 13.2 Å². The second-order valence-corrected chi connectivity index (χ2v) is 13.2. The maximum Gasteiger partial charge on any atom is 0.491 e. The van der Waals surface area contributed by atoms with Gasteiger partial charge in [0.15, 0.2) is 5.75 Å². The Morgan fingerprint density at radius 2 is 1.67 bits per heavy atom. The first-order valence-corrected chi connectivity index (χ1v) is 15.6. The number of halogens is 3. The number of nitrogens with zero attached hydrogens (tertiary/aromatic N) is 4. The summed E-state index contributed by atoms with van der Waals surface area (Å²) in [7, 11) is -0.270. The summed E-state index contributed by atoms with van der Waals surface area (Å²) >= 11 is 0. The molecule has 2 aromatic heterocycles. The summed E-state index contributed by atoms with van der Waals surface area (Å²) in [5.41, 5.74) is 7.66. The number of H-pyrrole nitrogens is 1. The summed E-state index contributed by atoms with van der Waals surface area (Å²) < 4.78 is 77.7. The third-order valence-electron chi connectivity index (χ3n) is 6.97. The fraction of sp³-hybridized carbons (Fsp3) is 0.258. The van der Waals surface area contributed by atoms with Gasteiger partial charge in [-0.1, -0.05) is 30.3 Å². The van der Waals surface area contributed by atoms with Crippen molar-refractivity contribution in [2.24, 2.45) is 0 Å². The quantitative estimate of drug-likeness (QED) is 0.150. The molecule has 15 heteroatoms. The molecule has 5 rings (SSSR count). The molecule has 0 saturated carbocycles. The minimum atomic E-state index is -5.34. The number of hydrogen-bond acceptors (Lipinski definition) is 9. The van der Waals surface area contributed by atoms with Gasteiger partial charge in [0.2, 0.25) is 16.0 Å². The van der Waals surface area contributed by atoms with E-state index in [0.29, 0.717) is 35.0 Å². The van der Waals surface area contributed by atoms with Crippen molar-refractivity contribution in [1.29, 1.82) is 0 Å². The first-order chi connectivity index (χ1) is 21.7. The smallest absolute Gasteiger partial charge is 0.491 e. The van der Waals surface area contributed by atoms with Crippen LogP contribution in [0.4, 0.5) is 19.1 Å². The van der Waals surface area contributed by atoms with Gasteiger partial charge in [0, 0.05) is 23.2 Å². The number of benzene rings is 3. The van der Waals surface area contributed by atoms with Crippen LogP contribution in [0.2, 0.25) is 0 Å². The predicted molar refractivity (Wildman–Crippen MR) is 168 cm³/mol. The standard InChI is InChI=1S/C31H31F3N6O5S/c1-18(2)46(42,43)40-23-16-21(17-24(27(23)38-30(40)35)45-29(41)31(32,33)34)26-25(19-8-6-5-7-9-19)36-28(37-26)20-10-12-22(13-11-20)44-15-14-39(3)4/h5-13,16-18H,14-15H2,1-4H3,(H2,35,38)(H,36,37). The number of carbonyl (C=O) groups is 1. The number of hydrogen-bond donors (Lipinski definition) is 2. The fourth-order valence-corrected chi connectivity index (χ4v) is 5.72. The average molecular weight is 657 g/mol. The number of fused-ring (bicyclic) bond motifs is 1. The summed E-state index contributed by atoms with van der Waals surface area (Å²) in [6, 6.07) is 18.7. The molecular weight excluding hydrogens is 625 g/mol. The van der Waals surface area contributed by atoms with E-state index in [2.05, 4.69) is 9.97 Å². The summed E-state index contributed by atoms with van der Waals surface area (Å²) in [6.07, 6.45) is -5.34. The maximum atomic E-state index is 13.3. The van der Waals surface area contributed by atoms with Crippen LogP contribution in [0.5, 0.6) is 11.5 Å². The van der Waals surface area contributed by atoms with Crippen LogP contribution in [0, 0.1) is 0 Å². The van der Waals surface area contributed by atoms with E-state index in [4.69, 9.17) is 20.2 Å². The zero-order valence-electron chi connectivity index (χ0n) is 25.3. The van der Waals surface area contributed by atoms with Crippen LogP contribution in [0.25, 0.3) is 44.9 Å². The fourth-order valence-electron chi connectivity index (χ4n) is 4.58. The van der Waals surface area contributed by atoms with Gasteiger partial charge in [-0.3, -0.25) is 0 Å². The summed E-state index contributed by atoms with van der Waals surface area (Å²) in [5.74, 6) is -2.60. The molecule has 0 atom stereocenters. The van der Waals surface area contributed by atoms with Crippen molar-refractivity contribution < 1.29 is 35.9 Å². The van der Waals surface area contributed by atoms with E-state index in [9.17, 15) is 26.4 Å². The maximum absolute atomic E-state index is 13.3. The number of carbonyl (C=O) groups excluding carboxylic acids is 1. The molecule has 242 valence electrons. The first kappa shape index (κ1) is 32.5. The summed E-state index contributed by atoms with van der Waals surface area (Å²) in [6.45, 7) is 4.06. The van der Waals surface area contributed by atoms with Gasteiger partial charge in [0.05, 0.1) is 22.2 Å². The third-order valence-corrected chi connectivity index (χ3v) is 9.05. The topological polar surface area (TPSA) is 145 Å². The first-order valence-electron chi connectivity index (χ1n) is 14.1. The highest BCUT2D eigenvalue weighted by molar-refractivity contribution is 7.90. The number of aromatic amines is 1. The zero-order chi connectivity index (χ0) is 33.4. The van der Waals surface area contributed by atoms with E-state index in [0.717, 1.165) is 16.6 Å². The Balaban J connectivity index is 1.70. The van der Waals surface area contributed by atoms with Gasteiger partial charge in [0.25, 0.3) is 0 Å². The van der Waals surface area contributed by atoms with E-state index in [1.54, 1.807) is 48.5 Å². The molecule has 0 aliphatic carbocycles. The SMILES string of the molecule is CC(C)S(=O)(=O)n1c(N)nc2c(OC(=O)C(F)(F)F)cc(-c3nc(-c4ccc(OCCN(C)C)cc4)[nH]c3-c3ccccc3)cc21. The third kappa shape index (κ3) is 6.55. The van der Waals surface area contributed by atoms with Crippen molar-refractivity contribution in [2.75, 3.05) is 33.0 Å². The van der Waals surface area contributed by atoms with E-state index in [-0.39, 0.29) is 22.3 Å². The number of ether oxygens (including phenoxy) is 2. The molecular formula is C31H31F3N6O5S. The lowest BCUT2D eigenvalue weighted by Gasteiger charge is -2.13. The molecule has 0 radical (unpaired) electrons. The highest BCUT2D eigenvalue weighted by Crippen LogP contribution is 2.39. The van der Waals surface area contributed by atoms with Crippen LogP contribution in [-0.2, 0) is 14.8 Å². The summed E-state index contributed by atoms with van der Waals surface area (Å²) in [4.78, 5) is 26.0. The minimum Gasteiger partial charge on any atom is -0.492 e. The van der Waals surface area contributed by atoms with Crippen molar-refractivity contribution in [3.8, 4) is 45.4 Å². The van der Waals surface area contributed by atoms with Gasteiger partial charge in [0.1, 0.15) is 23.7 Å². The van der Waals surface area contributed by atoms with E-state index >= 15 is 0 Å². The number of imidazole rings is 2. The Morgan fingerprint density at radius 1 is 1.00 bits per heavy atom. The average Bonchev–Trinajstić information content (AvgIpc) is 3.59. The molecule has 0 aliphatic rings. The number of esters is 1. The highest BCUT2D eigenvalue weighted by atomic mass is 32.2. The zero-order valence-corrected chi connectivity index (χ0v) is 26.1. The molecule has 0 unspecified atom stereocenters. The molecule has 0 amide bonds. The van der Waals surface area contributed by atoms with Crippen LogP contribution >= 0.6 is 0 Å². The Hall–Kier alpha value is -4.89. The largest absolute Gasteiger partial charge is 0.492 e. The number of nitrogens with one attached hydrogen (secondary N) is 1. The lowest BCUT2D eigenvalue weighted by atomic mass is 10.0. The van der Waals surface area contributed by atoms with Crippen LogP contribution in [0.3, 0.4) is 0 Å². The molecule has 0 spiro atoms. The predicted octanol–water partition coefficient (Wildman–Crippen LogP) is 5.34. The van der Waals surface area contributed by atoms with E-state index in [1.165, 1.54) is 19.9 Å². The minimum absolute atomic E-state index is 0.141. The molecule has 0 bridgehead atoms. The highest BCUT2D eigenvalue weighted by Gasteiger charge is 2.42. The lowest BCUT2D eigenvalue weighted by Crippen LogP contribution is -2.28. The van der Waals surface area contributed by atoms with Crippen LogP contribution in [-0.4, -0.2) is 76.9 Å². The number of nitrogens with two attached hydrogens (primary N) is 1. The number of rotatable bonds is 10. The molecule has 0 aliphatic heterocycles. The number of anilines is 1. The van der Waals surface area contributed by atoms with Crippen molar-refractivity contribution in [1.82, 2.24) is 23.8 Å². The Bertz CT molecular complexity index is 1990. The second kappa shape index (κ2) is 12.5. The van der Waals surface area contributed by atoms with E-state index < -0.39 is 39.1 Å². The van der Waals surface area contributed by atoms with Crippen molar-refractivity contribution >= 4 is 33.0 Å². The molecule has 3 N–H and O–H groups in total. The lowest BCUT2D eigenvalue weighted by molar-refractivity contribution is -0.189. The number of nitrogen functional groups attached to an aromatic ring is 1. The van der Waals surface area contributed by atoms with Crippen molar-refractivity contribution in [3.63, 3.8) is 0 Å². The van der Waals surface area contributed by atoms with Gasteiger partial charge in [-0.25, -0.2) is 27.2 Å². The van der Waals surface area contributed by atoms with Crippen LogP contribution in [0.15, 0.2) is 66.7 Å². The van der Waals surface area contributed by atoms with E-state index in [1.807, 2.05) is 25.1 Å².